The van der Waals surface area contributed by atoms with Crippen molar-refractivity contribution in [3.05, 3.63) is 46.8 Å². The van der Waals surface area contributed by atoms with Crippen LogP contribution in [0.4, 0.5) is 4.39 Å². The highest BCUT2D eigenvalue weighted by molar-refractivity contribution is 6.04. The molecular formula is C17H20FN5O. The third kappa shape index (κ3) is 3.02. The Balaban J connectivity index is 1.62. The molecule has 2 aromatic heterocycles. The predicted octanol–water partition coefficient (Wildman–Crippen LogP) is 2.41. The van der Waals surface area contributed by atoms with Gasteiger partial charge in [-0.15, -0.1) is 0 Å². The summed E-state index contributed by atoms with van der Waals surface area (Å²) in [5.74, 6) is -0.773. The van der Waals surface area contributed by atoms with Gasteiger partial charge in [-0.05, 0) is 44.4 Å². The van der Waals surface area contributed by atoms with Crippen molar-refractivity contribution >= 4 is 16.9 Å². The van der Waals surface area contributed by atoms with E-state index in [-0.39, 0.29) is 11.5 Å². The molecule has 3 aromatic rings. The second-order valence-corrected chi connectivity index (χ2v) is 5.88. The molecule has 0 bridgehead atoms. The number of amides is 1. The molecule has 0 spiro atoms. The molecule has 7 heteroatoms. The van der Waals surface area contributed by atoms with Crippen LogP contribution in [0.15, 0.2) is 18.5 Å². The van der Waals surface area contributed by atoms with Crippen LogP contribution in [0.25, 0.3) is 11.0 Å². The van der Waals surface area contributed by atoms with E-state index >= 15 is 0 Å². The molecular weight excluding hydrogens is 309 g/mol. The third-order valence-electron chi connectivity index (χ3n) is 4.28. The summed E-state index contributed by atoms with van der Waals surface area (Å²) in [6.07, 6.45) is 3.08. The highest BCUT2D eigenvalue weighted by Crippen LogP contribution is 2.17. The predicted molar refractivity (Wildman–Crippen MR) is 89.4 cm³/mol. The van der Waals surface area contributed by atoms with Gasteiger partial charge in [-0.3, -0.25) is 9.48 Å². The molecule has 2 N–H and O–H groups in total. The van der Waals surface area contributed by atoms with Crippen molar-refractivity contribution in [2.24, 2.45) is 7.05 Å². The highest BCUT2D eigenvalue weighted by Gasteiger charge is 2.14. The number of H-pyrrole nitrogens is 1. The summed E-state index contributed by atoms with van der Waals surface area (Å²) in [4.78, 5) is 19.2. The van der Waals surface area contributed by atoms with E-state index in [1.165, 1.54) is 24.0 Å². The number of benzene rings is 1. The van der Waals surface area contributed by atoms with Gasteiger partial charge >= 0.3 is 0 Å². The van der Waals surface area contributed by atoms with Crippen LogP contribution in [0.1, 0.15) is 33.7 Å². The number of halogens is 1. The van der Waals surface area contributed by atoms with Crippen LogP contribution < -0.4 is 5.32 Å². The number of aromatic nitrogens is 4. The molecule has 2 heterocycles. The molecule has 24 heavy (non-hydrogen) atoms. The summed E-state index contributed by atoms with van der Waals surface area (Å²) in [7, 11) is 1.92. The van der Waals surface area contributed by atoms with Gasteiger partial charge in [0.25, 0.3) is 5.91 Å². The van der Waals surface area contributed by atoms with Crippen molar-refractivity contribution < 1.29 is 9.18 Å². The molecule has 0 aliphatic carbocycles. The van der Waals surface area contributed by atoms with Crippen LogP contribution >= 0.6 is 0 Å². The molecule has 6 nitrogen and oxygen atoms in total. The van der Waals surface area contributed by atoms with E-state index in [4.69, 9.17) is 0 Å². The maximum Gasteiger partial charge on any atom is 0.253 e. The van der Waals surface area contributed by atoms with Crippen molar-refractivity contribution in [1.29, 1.82) is 0 Å². The number of carbonyl (C=O) groups is 1. The lowest BCUT2D eigenvalue weighted by molar-refractivity contribution is 0.0954. The fourth-order valence-corrected chi connectivity index (χ4v) is 2.93. The van der Waals surface area contributed by atoms with Crippen molar-refractivity contribution in [2.75, 3.05) is 6.54 Å². The van der Waals surface area contributed by atoms with E-state index in [1.807, 2.05) is 25.6 Å². The average Bonchev–Trinajstić information content (AvgIpc) is 3.09. The minimum Gasteiger partial charge on any atom is -0.352 e. The van der Waals surface area contributed by atoms with Crippen LogP contribution in [0, 0.1) is 19.7 Å². The van der Waals surface area contributed by atoms with Crippen LogP contribution in [0.2, 0.25) is 0 Å². The van der Waals surface area contributed by atoms with E-state index in [9.17, 15) is 9.18 Å². The molecule has 0 fully saturated rings. The Morgan fingerprint density at radius 2 is 2.17 bits per heavy atom. The number of nitrogens with one attached hydrogen (secondary N) is 2. The first-order valence-electron chi connectivity index (χ1n) is 7.87. The lowest BCUT2D eigenvalue weighted by Gasteiger charge is -2.07. The number of hydrogen-bond acceptors (Lipinski definition) is 3. The number of aromatic amines is 1. The second kappa shape index (κ2) is 6.43. The molecule has 0 saturated heterocycles. The fraction of sp³-hybridized carbons (Fsp3) is 0.353. The monoisotopic (exact) mass is 329 g/mol. The summed E-state index contributed by atoms with van der Waals surface area (Å²) in [5.41, 5.74) is 4.62. The molecule has 0 aliphatic rings. The van der Waals surface area contributed by atoms with Gasteiger partial charge in [0, 0.05) is 19.3 Å². The molecule has 126 valence electrons. The van der Waals surface area contributed by atoms with Gasteiger partial charge in [0.15, 0.2) is 0 Å². The standard InChI is InChI=1S/C17H20FN5O/c1-10-13(11(2)23(3)22-10)5-4-6-19-17(24)14-7-12(18)8-15-16(14)21-9-20-15/h7-9H,4-6H2,1-3H3,(H,19,24)(H,20,21). The molecule has 1 aromatic carbocycles. The van der Waals surface area contributed by atoms with Gasteiger partial charge in [0.05, 0.1) is 23.1 Å². The van der Waals surface area contributed by atoms with Crippen LogP contribution in [0.5, 0.6) is 0 Å². The maximum atomic E-state index is 13.6. The Kier molecular flexibility index (Phi) is 4.33. The minimum atomic E-state index is -0.460. The molecule has 0 aliphatic heterocycles. The molecule has 0 atom stereocenters. The summed E-state index contributed by atoms with van der Waals surface area (Å²) < 4.78 is 15.5. The number of nitrogens with zero attached hydrogens (tertiary/aromatic N) is 3. The van der Waals surface area contributed by atoms with Crippen molar-refractivity contribution in [2.45, 2.75) is 26.7 Å². The van der Waals surface area contributed by atoms with Gasteiger partial charge < -0.3 is 10.3 Å². The smallest absolute Gasteiger partial charge is 0.253 e. The number of carbonyl (C=O) groups excluding carboxylic acids is 1. The number of rotatable bonds is 5. The van der Waals surface area contributed by atoms with Gasteiger partial charge in [-0.2, -0.15) is 5.10 Å². The zero-order chi connectivity index (χ0) is 17.3. The Bertz CT molecular complexity index is 896. The Morgan fingerprint density at radius 3 is 2.88 bits per heavy atom. The fourth-order valence-electron chi connectivity index (χ4n) is 2.93. The first-order valence-corrected chi connectivity index (χ1v) is 7.87. The minimum absolute atomic E-state index is 0.250. The largest absolute Gasteiger partial charge is 0.352 e. The quantitative estimate of drug-likeness (QED) is 0.706. The zero-order valence-electron chi connectivity index (χ0n) is 14.0. The summed E-state index contributed by atoms with van der Waals surface area (Å²) in [5, 5.41) is 7.22. The molecule has 3 rings (SSSR count). The highest BCUT2D eigenvalue weighted by atomic mass is 19.1. The number of imidazole rings is 1. The Labute approximate surface area is 139 Å². The first-order chi connectivity index (χ1) is 11.5. The number of fused-ring (bicyclic) bond motifs is 1. The van der Waals surface area contributed by atoms with Gasteiger partial charge in [0.2, 0.25) is 0 Å². The SMILES string of the molecule is Cc1nn(C)c(C)c1CCCNC(=O)c1cc(F)cc2[nH]cnc12. The first kappa shape index (κ1) is 16.2. The maximum absolute atomic E-state index is 13.6. The van der Waals surface area contributed by atoms with Crippen molar-refractivity contribution in [1.82, 2.24) is 25.1 Å². The zero-order valence-corrected chi connectivity index (χ0v) is 14.0. The van der Waals surface area contributed by atoms with Crippen molar-refractivity contribution in [3.63, 3.8) is 0 Å². The lowest BCUT2D eigenvalue weighted by Crippen LogP contribution is -2.25. The second-order valence-electron chi connectivity index (χ2n) is 5.88. The van der Waals surface area contributed by atoms with E-state index in [0.717, 1.165) is 24.2 Å². The lowest BCUT2D eigenvalue weighted by atomic mass is 10.1. The Hall–Kier alpha value is -2.70. The summed E-state index contributed by atoms with van der Waals surface area (Å²) >= 11 is 0. The van der Waals surface area contributed by atoms with E-state index in [1.54, 1.807) is 0 Å². The van der Waals surface area contributed by atoms with Crippen LogP contribution in [-0.2, 0) is 13.5 Å². The third-order valence-corrected chi connectivity index (χ3v) is 4.28. The molecule has 1 amide bonds. The summed E-state index contributed by atoms with van der Waals surface area (Å²) in [6.45, 7) is 4.53. The molecule has 0 radical (unpaired) electrons. The summed E-state index contributed by atoms with van der Waals surface area (Å²) in [6, 6.07) is 2.54. The van der Waals surface area contributed by atoms with Crippen LogP contribution in [0.3, 0.4) is 0 Å². The van der Waals surface area contributed by atoms with Gasteiger partial charge in [-0.25, -0.2) is 9.37 Å². The molecule has 0 unspecified atom stereocenters. The van der Waals surface area contributed by atoms with Gasteiger partial charge in [-0.1, -0.05) is 0 Å². The number of aryl methyl sites for hydroxylation is 2. The van der Waals surface area contributed by atoms with E-state index < -0.39 is 5.82 Å². The van der Waals surface area contributed by atoms with E-state index in [2.05, 4.69) is 20.4 Å². The number of hydrogen-bond donors (Lipinski definition) is 2. The Morgan fingerprint density at radius 1 is 1.38 bits per heavy atom. The topological polar surface area (TPSA) is 75.6 Å². The normalized spacial score (nSPS) is 11.2. The van der Waals surface area contributed by atoms with Crippen molar-refractivity contribution in [3.8, 4) is 0 Å². The molecule has 0 saturated carbocycles. The average molecular weight is 329 g/mol. The van der Waals surface area contributed by atoms with Gasteiger partial charge in [0.1, 0.15) is 11.3 Å². The van der Waals surface area contributed by atoms with E-state index in [0.29, 0.717) is 17.6 Å². The van der Waals surface area contributed by atoms with Crippen LogP contribution in [-0.4, -0.2) is 32.2 Å².